The average molecular weight is 317 g/mol. The molecule has 1 atom stereocenters. The molecule has 0 fully saturated rings. The van der Waals surface area contributed by atoms with Gasteiger partial charge in [0.1, 0.15) is 5.60 Å². The Morgan fingerprint density at radius 1 is 1.41 bits per heavy atom. The highest BCUT2D eigenvalue weighted by atomic mass is 32.1. The Morgan fingerprint density at radius 3 is 3.05 bits per heavy atom. The van der Waals surface area contributed by atoms with Gasteiger partial charge >= 0.3 is 0 Å². The molecular formula is C17H19NO3S. The van der Waals surface area contributed by atoms with Crippen LogP contribution in [0.15, 0.2) is 35.7 Å². The molecule has 0 bridgehead atoms. The van der Waals surface area contributed by atoms with Gasteiger partial charge in [-0.3, -0.25) is 4.79 Å². The van der Waals surface area contributed by atoms with Crippen LogP contribution in [0.4, 0.5) is 0 Å². The van der Waals surface area contributed by atoms with Gasteiger partial charge in [-0.15, -0.1) is 11.3 Å². The van der Waals surface area contributed by atoms with E-state index in [1.54, 1.807) is 7.11 Å². The number of aryl methyl sites for hydroxylation is 1. The van der Waals surface area contributed by atoms with Gasteiger partial charge in [-0.25, -0.2) is 0 Å². The molecule has 1 aliphatic rings. The Hall–Kier alpha value is -1.69. The van der Waals surface area contributed by atoms with E-state index in [1.165, 1.54) is 11.3 Å². The average Bonchev–Trinajstić information content (AvgIpc) is 3.12. The number of benzene rings is 1. The molecular weight excluding hydrogens is 298 g/mol. The highest BCUT2D eigenvalue weighted by molar-refractivity contribution is 7.12. The van der Waals surface area contributed by atoms with Crippen molar-refractivity contribution in [3.05, 3.63) is 57.3 Å². The van der Waals surface area contributed by atoms with Gasteiger partial charge in [0.25, 0.3) is 5.91 Å². The minimum Gasteiger partial charge on any atom is -0.383 e. The van der Waals surface area contributed by atoms with Gasteiger partial charge in [-0.05, 0) is 35.4 Å². The van der Waals surface area contributed by atoms with Gasteiger partial charge in [-0.1, -0.05) is 24.3 Å². The third-order valence-electron chi connectivity index (χ3n) is 4.12. The fraction of sp³-hybridized carbons (Fsp3) is 0.353. The van der Waals surface area contributed by atoms with Crippen LogP contribution < -0.4 is 5.32 Å². The summed E-state index contributed by atoms with van der Waals surface area (Å²) in [5.74, 6) is -0.153. The van der Waals surface area contributed by atoms with E-state index in [9.17, 15) is 9.90 Å². The summed E-state index contributed by atoms with van der Waals surface area (Å²) in [6.45, 7) is 0.645. The lowest BCUT2D eigenvalue weighted by Gasteiger charge is -2.24. The molecule has 4 nitrogen and oxygen atoms in total. The van der Waals surface area contributed by atoms with Gasteiger partial charge in [0.05, 0.1) is 18.0 Å². The second-order valence-corrected chi connectivity index (χ2v) is 6.50. The lowest BCUT2D eigenvalue weighted by atomic mass is 9.96. The molecule has 22 heavy (non-hydrogen) atoms. The van der Waals surface area contributed by atoms with Gasteiger partial charge in [0.15, 0.2) is 0 Å². The number of thiophene rings is 1. The van der Waals surface area contributed by atoms with Crippen molar-refractivity contribution in [2.45, 2.75) is 25.0 Å². The van der Waals surface area contributed by atoms with Crippen LogP contribution in [-0.4, -0.2) is 24.7 Å². The largest absolute Gasteiger partial charge is 0.383 e. The number of hydrogen-bond donors (Lipinski definition) is 2. The Bertz CT molecular complexity index is 682. The van der Waals surface area contributed by atoms with Gasteiger partial charge in [0, 0.05) is 12.7 Å². The number of hydrogen-bond acceptors (Lipinski definition) is 4. The molecule has 2 N–H and O–H groups in total. The quantitative estimate of drug-likeness (QED) is 0.890. The zero-order valence-electron chi connectivity index (χ0n) is 12.5. The third kappa shape index (κ3) is 2.79. The highest BCUT2D eigenvalue weighted by Crippen LogP contribution is 2.36. The van der Waals surface area contributed by atoms with Crippen LogP contribution in [0.3, 0.4) is 0 Å². The standard InChI is InChI=1S/C17H19NO3S/c1-21-10-13-7-9-22-15(13)16(19)18-11-17(20)8-6-12-4-2-3-5-14(12)17/h2-5,7,9,20H,6,8,10-11H2,1H3,(H,18,19). The molecule has 1 aromatic carbocycles. The van der Waals surface area contributed by atoms with E-state index >= 15 is 0 Å². The van der Waals surface area contributed by atoms with Crippen LogP contribution in [0.5, 0.6) is 0 Å². The molecule has 0 radical (unpaired) electrons. The maximum atomic E-state index is 12.3. The number of methoxy groups -OCH3 is 1. The van der Waals surface area contributed by atoms with Crippen LogP contribution in [-0.2, 0) is 23.4 Å². The van der Waals surface area contributed by atoms with E-state index in [-0.39, 0.29) is 12.5 Å². The van der Waals surface area contributed by atoms with Gasteiger partial charge in [0.2, 0.25) is 0 Å². The molecule has 0 saturated heterocycles. The normalized spacial score (nSPS) is 19.9. The summed E-state index contributed by atoms with van der Waals surface area (Å²) in [5, 5.41) is 15.6. The van der Waals surface area contributed by atoms with E-state index in [0.29, 0.717) is 17.9 Å². The van der Waals surface area contributed by atoms with Gasteiger partial charge < -0.3 is 15.2 Å². The summed E-state index contributed by atoms with van der Waals surface area (Å²) in [5.41, 5.74) is 2.00. The SMILES string of the molecule is COCc1ccsc1C(=O)NCC1(O)CCc2ccccc21. The molecule has 0 spiro atoms. The third-order valence-corrected chi connectivity index (χ3v) is 5.08. The smallest absolute Gasteiger partial charge is 0.261 e. The zero-order valence-corrected chi connectivity index (χ0v) is 13.3. The van der Waals surface area contributed by atoms with Crippen LogP contribution in [0.1, 0.15) is 32.8 Å². The Balaban J connectivity index is 1.70. The summed E-state index contributed by atoms with van der Waals surface area (Å²) in [7, 11) is 1.61. The number of carbonyl (C=O) groups is 1. The number of amides is 1. The summed E-state index contributed by atoms with van der Waals surface area (Å²) >= 11 is 1.39. The molecule has 1 unspecified atom stereocenters. The molecule has 1 aliphatic carbocycles. The van der Waals surface area contributed by atoms with Crippen molar-refractivity contribution in [3.8, 4) is 0 Å². The van der Waals surface area contributed by atoms with Crippen molar-refractivity contribution in [1.82, 2.24) is 5.32 Å². The van der Waals surface area contributed by atoms with Crippen molar-refractivity contribution in [1.29, 1.82) is 0 Å². The van der Waals surface area contributed by atoms with Crippen molar-refractivity contribution in [3.63, 3.8) is 0 Å². The first-order valence-electron chi connectivity index (χ1n) is 7.28. The minimum absolute atomic E-state index is 0.153. The van der Waals surface area contributed by atoms with Crippen molar-refractivity contribution < 1.29 is 14.6 Å². The van der Waals surface area contributed by atoms with Gasteiger partial charge in [-0.2, -0.15) is 0 Å². The Labute approximate surface area is 133 Å². The predicted octanol–water partition coefficient (Wildman–Crippen LogP) is 2.46. The molecule has 1 aromatic heterocycles. The summed E-state index contributed by atoms with van der Waals surface area (Å²) in [6.07, 6.45) is 1.48. The maximum Gasteiger partial charge on any atom is 0.261 e. The van der Waals surface area contributed by atoms with Crippen molar-refractivity contribution >= 4 is 17.2 Å². The first-order chi connectivity index (χ1) is 10.6. The highest BCUT2D eigenvalue weighted by Gasteiger charge is 2.36. The molecule has 5 heteroatoms. The van der Waals surface area contributed by atoms with E-state index in [4.69, 9.17) is 4.74 Å². The summed E-state index contributed by atoms with van der Waals surface area (Å²) < 4.78 is 5.10. The van der Waals surface area contributed by atoms with Crippen molar-refractivity contribution in [2.24, 2.45) is 0 Å². The second kappa shape index (κ2) is 6.20. The fourth-order valence-electron chi connectivity index (χ4n) is 2.96. The van der Waals surface area contributed by atoms with E-state index in [1.807, 2.05) is 35.7 Å². The topological polar surface area (TPSA) is 58.6 Å². The Kier molecular flexibility index (Phi) is 4.29. The first-order valence-corrected chi connectivity index (χ1v) is 8.16. The minimum atomic E-state index is -0.967. The number of fused-ring (bicyclic) bond motifs is 1. The number of nitrogens with one attached hydrogen (secondary N) is 1. The van der Waals surface area contributed by atoms with Crippen LogP contribution >= 0.6 is 11.3 Å². The molecule has 3 rings (SSSR count). The Morgan fingerprint density at radius 2 is 2.23 bits per heavy atom. The van der Waals surface area contributed by atoms with Crippen LogP contribution in [0.25, 0.3) is 0 Å². The monoisotopic (exact) mass is 317 g/mol. The molecule has 2 aromatic rings. The number of ether oxygens (including phenoxy) is 1. The predicted molar refractivity (Wildman–Crippen MR) is 86.0 cm³/mol. The first kappa shape index (κ1) is 15.2. The van der Waals surface area contributed by atoms with Crippen molar-refractivity contribution in [2.75, 3.05) is 13.7 Å². The molecule has 1 heterocycles. The maximum absolute atomic E-state index is 12.3. The van der Waals surface area contributed by atoms with Crippen LogP contribution in [0, 0.1) is 0 Å². The summed E-state index contributed by atoms with van der Waals surface area (Å²) in [6, 6.07) is 9.77. The molecule has 1 amide bonds. The number of aliphatic hydroxyl groups is 1. The van der Waals surface area contributed by atoms with Crippen LogP contribution in [0.2, 0.25) is 0 Å². The lowest BCUT2D eigenvalue weighted by molar-refractivity contribution is 0.0370. The summed E-state index contributed by atoms with van der Waals surface area (Å²) in [4.78, 5) is 13.0. The number of carbonyl (C=O) groups excluding carboxylic acids is 1. The van der Waals surface area contributed by atoms with E-state index in [0.717, 1.165) is 23.1 Å². The van der Waals surface area contributed by atoms with E-state index in [2.05, 4.69) is 5.32 Å². The van der Waals surface area contributed by atoms with E-state index < -0.39 is 5.60 Å². The lowest BCUT2D eigenvalue weighted by Crippen LogP contribution is -2.39. The fourth-order valence-corrected chi connectivity index (χ4v) is 3.79. The zero-order chi connectivity index (χ0) is 15.6. The molecule has 0 saturated carbocycles. The molecule has 0 aliphatic heterocycles. The molecule has 116 valence electrons. The number of rotatable bonds is 5. The second-order valence-electron chi connectivity index (χ2n) is 5.58.